The summed E-state index contributed by atoms with van der Waals surface area (Å²) >= 11 is 8.00. The lowest BCUT2D eigenvalue weighted by Gasteiger charge is -2.26. The number of rotatable bonds is 3. The molecule has 18 heavy (non-hydrogen) atoms. The van der Waals surface area contributed by atoms with Crippen LogP contribution in [0.2, 0.25) is 5.02 Å². The average Bonchev–Trinajstić information content (AvgIpc) is 2.97. The maximum absolute atomic E-state index is 6.25. The van der Waals surface area contributed by atoms with Crippen LogP contribution < -0.4 is 5.32 Å². The first-order valence-electron chi connectivity index (χ1n) is 6.56. The predicted molar refractivity (Wildman–Crippen MR) is 78.5 cm³/mol. The summed E-state index contributed by atoms with van der Waals surface area (Å²) in [7, 11) is 0. The van der Waals surface area contributed by atoms with Crippen molar-refractivity contribution >= 4 is 33.2 Å². The Morgan fingerprint density at radius 1 is 1.50 bits per heavy atom. The van der Waals surface area contributed by atoms with Gasteiger partial charge in [0.05, 0.1) is 20.8 Å². The zero-order chi connectivity index (χ0) is 12.6. The van der Waals surface area contributed by atoms with Crippen molar-refractivity contribution in [3.8, 4) is 0 Å². The van der Waals surface area contributed by atoms with Crippen LogP contribution in [0.3, 0.4) is 0 Å². The van der Waals surface area contributed by atoms with Crippen LogP contribution in [0.5, 0.6) is 0 Å². The quantitative estimate of drug-likeness (QED) is 0.905. The fourth-order valence-electron chi connectivity index (χ4n) is 2.86. The van der Waals surface area contributed by atoms with E-state index in [1.54, 1.807) is 11.3 Å². The molecule has 2 aromatic rings. The van der Waals surface area contributed by atoms with Crippen molar-refractivity contribution in [3.05, 3.63) is 28.2 Å². The van der Waals surface area contributed by atoms with Crippen LogP contribution in [-0.2, 0) is 5.54 Å². The van der Waals surface area contributed by atoms with Gasteiger partial charge in [0, 0.05) is 0 Å². The fourth-order valence-corrected chi connectivity index (χ4v) is 4.33. The molecule has 0 aliphatic carbocycles. The van der Waals surface area contributed by atoms with Crippen molar-refractivity contribution in [2.75, 3.05) is 6.54 Å². The van der Waals surface area contributed by atoms with Crippen molar-refractivity contribution in [3.63, 3.8) is 0 Å². The first-order valence-corrected chi connectivity index (χ1v) is 7.75. The molecular formula is C14H17ClN2S. The summed E-state index contributed by atoms with van der Waals surface area (Å²) in [6.45, 7) is 3.34. The molecule has 4 heteroatoms. The molecule has 1 saturated heterocycles. The van der Waals surface area contributed by atoms with Gasteiger partial charge in [0.25, 0.3) is 0 Å². The van der Waals surface area contributed by atoms with Crippen LogP contribution in [0.4, 0.5) is 0 Å². The van der Waals surface area contributed by atoms with E-state index >= 15 is 0 Å². The smallest absolute Gasteiger partial charge is 0.114 e. The maximum Gasteiger partial charge on any atom is 0.114 e. The van der Waals surface area contributed by atoms with Gasteiger partial charge in [-0.2, -0.15) is 0 Å². The van der Waals surface area contributed by atoms with Crippen LogP contribution in [0.1, 0.15) is 37.6 Å². The Kier molecular flexibility index (Phi) is 3.31. The summed E-state index contributed by atoms with van der Waals surface area (Å²) in [5.41, 5.74) is 1.13. The van der Waals surface area contributed by atoms with Gasteiger partial charge < -0.3 is 5.32 Å². The van der Waals surface area contributed by atoms with Gasteiger partial charge in [-0.25, -0.2) is 4.98 Å². The fraction of sp³-hybridized carbons (Fsp3) is 0.500. The molecule has 0 saturated carbocycles. The third-order valence-electron chi connectivity index (χ3n) is 3.70. The number of hydrogen-bond acceptors (Lipinski definition) is 3. The van der Waals surface area contributed by atoms with Crippen molar-refractivity contribution in [1.82, 2.24) is 10.3 Å². The number of nitrogens with one attached hydrogen (secondary N) is 1. The Balaban J connectivity index is 2.09. The van der Waals surface area contributed by atoms with Gasteiger partial charge in [0.2, 0.25) is 0 Å². The molecule has 1 atom stereocenters. The number of aromatic nitrogens is 1. The summed E-state index contributed by atoms with van der Waals surface area (Å²) in [4.78, 5) is 4.82. The Hall–Kier alpha value is -0.640. The van der Waals surface area contributed by atoms with Crippen molar-refractivity contribution in [1.29, 1.82) is 0 Å². The normalized spacial score (nSPS) is 23.9. The molecule has 1 aromatic heterocycles. The lowest BCUT2D eigenvalue weighted by molar-refractivity contribution is 0.355. The molecule has 1 fully saturated rings. The van der Waals surface area contributed by atoms with Gasteiger partial charge in [-0.05, 0) is 37.9 Å². The van der Waals surface area contributed by atoms with Crippen LogP contribution in [0.15, 0.2) is 18.2 Å². The maximum atomic E-state index is 6.25. The molecule has 1 unspecified atom stereocenters. The summed E-state index contributed by atoms with van der Waals surface area (Å²) in [6, 6.07) is 5.97. The van der Waals surface area contributed by atoms with E-state index in [2.05, 4.69) is 18.3 Å². The second kappa shape index (κ2) is 4.80. The number of benzene rings is 1. The molecule has 0 bridgehead atoms. The topological polar surface area (TPSA) is 24.9 Å². The van der Waals surface area contributed by atoms with E-state index in [1.165, 1.54) is 24.3 Å². The SMILES string of the molecule is CCCC1(c2nc3cccc(Cl)c3s2)CCCN1. The highest BCUT2D eigenvalue weighted by Gasteiger charge is 2.37. The van der Waals surface area contributed by atoms with Crippen molar-refractivity contribution in [2.45, 2.75) is 38.1 Å². The molecule has 1 aliphatic rings. The number of hydrogen-bond donors (Lipinski definition) is 1. The van der Waals surface area contributed by atoms with Crippen molar-refractivity contribution < 1.29 is 0 Å². The lowest BCUT2D eigenvalue weighted by Crippen LogP contribution is -2.36. The third kappa shape index (κ3) is 1.94. The first-order chi connectivity index (χ1) is 8.75. The molecule has 2 nitrogen and oxygen atoms in total. The van der Waals surface area contributed by atoms with Gasteiger partial charge in [-0.3, -0.25) is 0 Å². The molecule has 3 rings (SSSR count). The molecule has 0 radical (unpaired) electrons. The molecule has 1 aliphatic heterocycles. The monoisotopic (exact) mass is 280 g/mol. The minimum Gasteiger partial charge on any atom is -0.305 e. The standard InChI is InChI=1S/C14H17ClN2S/c1-2-7-14(8-4-9-16-14)13-17-11-6-3-5-10(15)12(11)18-13/h3,5-6,16H,2,4,7-9H2,1H3. The van der Waals surface area contributed by atoms with Gasteiger partial charge in [-0.1, -0.05) is 31.0 Å². The lowest BCUT2D eigenvalue weighted by atomic mass is 9.93. The highest BCUT2D eigenvalue weighted by Crippen LogP contribution is 2.40. The van der Waals surface area contributed by atoms with Crippen molar-refractivity contribution in [2.24, 2.45) is 0 Å². The molecule has 0 spiro atoms. The van der Waals surface area contributed by atoms with Gasteiger partial charge in [0.15, 0.2) is 0 Å². The number of thiazole rings is 1. The van der Waals surface area contributed by atoms with Gasteiger partial charge in [0.1, 0.15) is 5.01 Å². The molecular weight excluding hydrogens is 264 g/mol. The minimum atomic E-state index is 0.0990. The zero-order valence-corrected chi connectivity index (χ0v) is 12.1. The Morgan fingerprint density at radius 2 is 2.39 bits per heavy atom. The Bertz CT molecular complexity index is 558. The Labute approximate surface area is 116 Å². The summed E-state index contributed by atoms with van der Waals surface area (Å²) in [6.07, 6.45) is 4.77. The van der Waals surface area contributed by atoms with E-state index in [9.17, 15) is 0 Å². The predicted octanol–water partition coefficient (Wildman–Crippen LogP) is 4.33. The number of halogens is 1. The molecule has 0 amide bonds. The highest BCUT2D eigenvalue weighted by atomic mass is 35.5. The third-order valence-corrected chi connectivity index (χ3v) is 5.43. The number of fused-ring (bicyclic) bond motifs is 1. The van der Waals surface area contributed by atoms with E-state index in [1.807, 2.05) is 12.1 Å². The first kappa shape index (κ1) is 12.4. The molecule has 1 N–H and O–H groups in total. The Morgan fingerprint density at radius 3 is 3.06 bits per heavy atom. The average molecular weight is 281 g/mol. The summed E-state index contributed by atoms with van der Waals surface area (Å²) in [5, 5.41) is 5.71. The van der Waals surface area contributed by atoms with E-state index in [0.717, 1.165) is 28.2 Å². The largest absolute Gasteiger partial charge is 0.305 e. The second-order valence-electron chi connectivity index (χ2n) is 4.97. The van der Waals surface area contributed by atoms with Gasteiger partial charge >= 0.3 is 0 Å². The number of nitrogens with zero attached hydrogens (tertiary/aromatic N) is 1. The van der Waals surface area contributed by atoms with Crippen LogP contribution >= 0.6 is 22.9 Å². The van der Waals surface area contributed by atoms with Crippen LogP contribution in [0, 0.1) is 0 Å². The van der Waals surface area contributed by atoms with E-state index in [0.29, 0.717) is 0 Å². The summed E-state index contributed by atoms with van der Waals surface area (Å²) in [5.74, 6) is 0. The van der Waals surface area contributed by atoms with Crippen LogP contribution in [-0.4, -0.2) is 11.5 Å². The molecule has 96 valence electrons. The van der Waals surface area contributed by atoms with Gasteiger partial charge in [-0.15, -0.1) is 11.3 Å². The van der Waals surface area contributed by atoms with E-state index < -0.39 is 0 Å². The van der Waals surface area contributed by atoms with E-state index in [4.69, 9.17) is 16.6 Å². The zero-order valence-electron chi connectivity index (χ0n) is 10.5. The van der Waals surface area contributed by atoms with Crippen LogP contribution in [0.25, 0.3) is 10.2 Å². The molecule has 2 heterocycles. The summed E-state index contributed by atoms with van der Waals surface area (Å²) < 4.78 is 1.12. The van der Waals surface area contributed by atoms with E-state index in [-0.39, 0.29) is 5.54 Å². The molecule has 1 aromatic carbocycles. The second-order valence-corrected chi connectivity index (χ2v) is 6.38. The minimum absolute atomic E-state index is 0.0990. The highest BCUT2D eigenvalue weighted by molar-refractivity contribution is 7.19.